The molecule has 0 aliphatic carbocycles. The number of carbonyl (C=O) groups excluding carboxylic acids is 2. The molecule has 2 aromatic rings. The average molecular weight is 428 g/mol. The van der Waals surface area contributed by atoms with E-state index in [2.05, 4.69) is 41.5 Å². The fourth-order valence-corrected chi connectivity index (χ4v) is 4.04. The molecule has 3 rings (SSSR count). The molecule has 0 saturated carbocycles. The normalized spacial score (nSPS) is 14.7. The number of anilines is 1. The van der Waals surface area contributed by atoms with Crippen LogP contribution in [0.5, 0.6) is 0 Å². The number of carbonyl (C=O) groups is 2. The van der Waals surface area contributed by atoms with Crippen molar-refractivity contribution in [2.24, 2.45) is 0 Å². The molecule has 1 saturated heterocycles. The van der Waals surface area contributed by atoms with Crippen LogP contribution in [0.2, 0.25) is 5.02 Å². The Morgan fingerprint density at radius 3 is 2.47 bits per heavy atom. The number of nitrogens with zero attached hydrogens (tertiary/aromatic N) is 2. The maximum absolute atomic E-state index is 12.9. The second-order valence-corrected chi connectivity index (χ2v) is 8.24. The van der Waals surface area contributed by atoms with Gasteiger partial charge in [-0.25, -0.2) is 0 Å². The van der Waals surface area contributed by atoms with Gasteiger partial charge in [-0.1, -0.05) is 48.9 Å². The summed E-state index contributed by atoms with van der Waals surface area (Å²) >= 11 is 6.27. The van der Waals surface area contributed by atoms with Crippen molar-refractivity contribution in [1.29, 1.82) is 0 Å². The van der Waals surface area contributed by atoms with E-state index in [0.717, 1.165) is 38.9 Å². The molecule has 0 unspecified atom stereocenters. The summed E-state index contributed by atoms with van der Waals surface area (Å²) in [6.07, 6.45) is 3.35. The topological polar surface area (TPSA) is 52.7 Å². The zero-order chi connectivity index (χ0) is 21.5. The molecule has 0 aromatic heterocycles. The molecule has 2 aromatic carbocycles. The summed E-state index contributed by atoms with van der Waals surface area (Å²) in [4.78, 5) is 28.8. The molecule has 160 valence electrons. The number of hydrogen-bond donors (Lipinski definition) is 1. The minimum Gasteiger partial charge on any atom is -0.339 e. The number of likely N-dealkylation sites (N-methyl/N-ethyl adjacent to an activating group) is 1. The Bertz CT molecular complexity index is 864. The molecule has 1 heterocycles. The smallest absolute Gasteiger partial charge is 0.253 e. The zero-order valence-electron chi connectivity index (χ0n) is 17.7. The number of rotatable bonds is 7. The lowest BCUT2D eigenvalue weighted by molar-refractivity contribution is -0.115. The number of nitrogens with one attached hydrogen (secondary N) is 1. The Morgan fingerprint density at radius 2 is 1.83 bits per heavy atom. The Morgan fingerprint density at radius 1 is 1.13 bits per heavy atom. The van der Waals surface area contributed by atoms with Crippen LogP contribution < -0.4 is 5.32 Å². The van der Waals surface area contributed by atoms with E-state index in [1.807, 2.05) is 11.0 Å². The quantitative estimate of drug-likeness (QED) is 0.709. The maximum Gasteiger partial charge on any atom is 0.253 e. The van der Waals surface area contributed by atoms with Gasteiger partial charge in [0.15, 0.2) is 0 Å². The first-order valence-corrected chi connectivity index (χ1v) is 11.0. The van der Waals surface area contributed by atoms with Crippen LogP contribution in [0.25, 0.3) is 0 Å². The van der Waals surface area contributed by atoms with Crippen molar-refractivity contribution in [2.45, 2.75) is 38.6 Å². The number of benzene rings is 2. The van der Waals surface area contributed by atoms with Crippen molar-refractivity contribution >= 4 is 29.1 Å². The first kappa shape index (κ1) is 22.3. The largest absolute Gasteiger partial charge is 0.339 e. The molecule has 1 fully saturated rings. The van der Waals surface area contributed by atoms with Gasteiger partial charge in [0.2, 0.25) is 5.91 Å². The van der Waals surface area contributed by atoms with E-state index in [4.69, 9.17) is 11.6 Å². The van der Waals surface area contributed by atoms with Crippen LogP contribution >= 0.6 is 11.6 Å². The number of hydrogen-bond acceptors (Lipinski definition) is 3. The molecule has 0 atom stereocenters. The number of halogens is 1. The fourth-order valence-electron chi connectivity index (χ4n) is 3.81. The summed E-state index contributed by atoms with van der Waals surface area (Å²) in [5, 5.41) is 3.13. The second kappa shape index (κ2) is 10.6. The van der Waals surface area contributed by atoms with Crippen molar-refractivity contribution in [3.8, 4) is 0 Å². The highest BCUT2D eigenvalue weighted by atomic mass is 35.5. The maximum atomic E-state index is 12.9. The van der Waals surface area contributed by atoms with Gasteiger partial charge in [0.25, 0.3) is 5.91 Å². The van der Waals surface area contributed by atoms with E-state index >= 15 is 0 Å². The molecular formula is C24H30ClN3O2. The predicted octanol–water partition coefficient (Wildman–Crippen LogP) is 4.47. The van der Waals surface area contributed by atoms with Crippen LogP contribution in [-0.4, -0.2) is 54.3 Å². The minimum absolute atomic E-state index is 0.00402. The van der Waals surface area contributed by atoms with Crippen molar-refractivity contribution in [3.63, 3.8) is 0 Å². The van der Waals surface area contributed by atoms with Crippen molar-refractivity contribution < 1.29 is 9.59 Å². The van der Waals surface area contributed by atoms with Gasteiger partial charge < -0.3 is 15.1 Å². The van der Waals surface area contributed by atoms with E-state index in [-0.39, 0.29) is 11.8 Å². The highest BCUT2D eigenvalue weighted by Crippen LogP contribution is 2.25. The Labute approximate surface area is 184 Å². The van der Waals surface area contributed by atoms with Crippen molar-refractivity contribution in [2.75, 3.05) is 32.0 Å². The van der Waals surface area contributed by atoms with Crippen LogP contribution in [0, 0.1) is 0 Å². The number of likely N-dealkylation sites (tertiary alicyclic amines) is 1. The van der Waals surface area contributed by atoms with Gasteiger partial charge in [0.05, 0.1) is 10.7 Å². The molecule has 1 N–H and O–H groups in total. The fraction of sp³-hybridized carbons (Fsp3) is 0.417. The SMILES string of the molecule is CCC(=O)Nc1ccc(C(=O)N2CCC(N(C)CCc3ccccc3)CC2)cc1Cl. The lowest BCUT2D eigenvalue weighted by Crippen LogP contribution is -2.46. The number of piperidine rings is 1. The van der Waals surface area contributed by atoms with Crippen LogP contribution in [0.3, 0.4) is 0 Å². The predicted molar refractivity (Wildman–Crippen MR) is 122 cm³/mol. The summed E-state index contributed by atoms with van der Waals surface area (Å²) < 4.78 is 0. The van der Waals surface area contributed by atoms with Crippen LogP contribution in [0.15, 0.2) is 48.5 Å². The second-order valence-electron chi connectivity index (χ2n) is 7.84. The van der Waals surface area contributed by atoms with E-state index in [9.17, 15) is 9.59 Å². The molecule has 2 amide bonds. The molecule has 1 aliphatic rings. The highest BCUT2D eigenvalue weighted by Gasteiger charge is 2.26. The van der Waals surface area contributed by atoms with Gasteiger partial charge in [0, 0.05) is 37.7 Å². The molecule has 0 radical (unpaired) electrons. The first-order chi connectivity index (χ1) is 14.5. The zero-order valence-corrected chi connectivity index (χ0v) is 18.5. The summed E-state index contributed by atoms with van der Waals surface area (Å²) in [5.74, 6) is -0.106. The molecular weight excluding hydrogens is 398 g/mol. The summed E-state index contributed by atoms with van der Waals surface area (Å²) in [6, 6.07) is 16.1. The highest BCUT2D eigenvalue weighted by molar-refractivity contribution is 6.34. The van der Waals surface area contributed by atoms with E-state index in [0.29, 0.717) is 28.7 Å². The van der Waals surface area contributed by atoms with Gasteiger partial charge in [0.1, 0.15) is 0 Å². The van der Waals surface area contributed by atoms with Crippen LogP contribution in [-0.2, 0) is 11.2 Å². The van der Waals surface area contributed by atoms with E-state index < -0.39 is 0 Å². The molecule has 0 spiro atoms. The van der Waals surface area contributed by atoms with Crippen molar-refractivity contribution in [1.82, 2.24) is 9.80 Å². The van der Waals surface area contributed by atoms with Gasteiger partial charge >= 0.3 is 0 Å². The van der Waals surface area contributed by atoms with E-state index in [1.165, 1.54) is 5.56 Å². The molecule has 30 heavy (non-hydrogen) atoms. The Hall–Kier alpha value is -2.37. The third-order valence-electron chi connectivity index (χ3n) is 5.78. The summed E-state index contributed by atoms with van der Waals surface area (Å²) in [6.45, 7) is 4.28. The number of amides is 2. The van der Waals surface area contributed by atoms with E-state index in [1.54, 1.807) is 25.1 Å². The third kappa shape index (κ3) is 5.83. The first-order valence-electron chi connectivity index (χ1n) is 10.6. The summed E-state index contributed by atoms with van der Waals surface area (Å²) in [5.41, 5.74) is 2.46. The third-order valence-corrected chi connectivity index (χ3v) is 6.09. The van der Waals surface area contributed by atoms with Crippen LogP contribution in [0.4, 0.5) is 5.69 Å². The Kier molecular flexibility index (Phi) is 7.88. The molecule has 1 aliphatic heterocycles. The van der Waals surface area contributed by atoms with Crippen LogP contribution in [0.1, 0.15) is 42.1 Å². The average Bonchev–Trinajstić information content (AvgIpc) is 2.79. The lowest BCUT2D eigenvalue weighted by atomic mass is 10.0. The van der Waals surface area contributed by atoms with Gasteiger partial charge in [-0.2, -0.15) is 0 Å². The molecule has 6 heteroatoms. The standard InChI is InChI=1S/C24H30ClN3O2/c1-3-23(29)26-22-10-9-19(17-21(22)25)24(30)28-15-12-20(13-16-28)27(2)14-11-18-7-5-4-6-8-18/h4-10,17,20H,3,11-16H2,1-2H3,(H,26,29). The van der Waals surface area contributed by atoms with Gasteiger partial charge in [-0.3, -0.25) is 9.59 Å². The van der Waals surface area contributed by atoms with Gasteiger partial charge in [-0.15, -0.1) is 0 Å². The Balaban J connectivity index is 1.51. The van der Waals surface area contributed by atoms with Gasteiger partial charge in [-0.05, 0) is 50.1 Å². The van der Waals surface area contributed by atoms with Crippen molar-refractivity contribution in [3.05, 3.63) is 64.7 Å². The summed E-state index contributed by atoms with van der Waals surface area (Å²) in [7, 11) is 2.17. The monoisotopic (exact) mass is 427 g/mol. The lowest BCUT2D eigenvalue weighted by Gasteiger charge is -2.37. The molecule has 0 bridgehead atoms. The minimum atomic E-state index is -0.102. The molecule has 5 nitrogen and oxygen atoms in total.